The van der Waals surface area contributed by atoms with Gasteiger partial charge in [0.05, 0.1) is 0 Å². The van der Waals surface area contributed by atoms with Crippen LogP contribution in [-0.4, -0.2) is 19.6 Å². The van der Waals surface area contributed by atoms with Gasteiger partial charge in [0, 0.05) is 17.5 Å². The van der Waals surface area contributed by atoms with Crippen LogP contribution in [0.15, 0.2) is 57.9 Å². The lowest BCUT2D eigenvalue weighted by atomic mass is 10.3. The molecule has 8 nitrogen and oxygen atoms in total. The molecule has 0 aliphatic heterocycles. The number of hydrogen-bond donors (Lipinski definition) is 2. The Hall–Kier alpha value is -3.68. The zero-order valence-electron chi connectivity index (χ0n) is 14.2. The van der Waals surface area contributed by atoms with Crippen molar-refractivity contribution in [1.82, 2.24) is 19.6 Å². The third-order valence-corrected chi connectivity index (χ3v) is 3.80. The van der Waals surface area contributed by atoms with Gasteiger partial charge in [0.25, 0.3) is 0 Å². The van der Waals surface area contributed by atoms with Crippen LogP contribution in [0.4, 0.5) is 17.6 Å². The first-order valence-electron chi connectivity index (χ1n) is 8.02. The fourth-order valence-corrected chi connectivity index (χ4v) is 2.52. The highest BCUT2D eigenvalue weighted by molar-refractivity contribution is 5.73. The summed E-state index contributed by atoms with van der Waals surface area (Å²) >= 11 is 0. The average molecular weight is 348 g/mol. The first-order chi connectivity index (χ1) is 12.6. The van der Waals surface area contributed by atoms with Crippen molar-refractivity contribution in [1.29, 1.82) is 0 Å². The third kappa shape index (κ3) is 3.00. The van der Waals surface area contributed by atoms with Crippen LogP contribution >= 0.6 is 0 Å². The van der Waals surface area contributed by atoms with Gasteiger partial charge in [-0.15, -0.1) is 0 Å². The lowest BCUT2D eigenvalue weighted by Crippen LogP contribution is -2.23. The van der Waals surface area contributed by atoms with E-state index in [0.29, 0.717) is 28.7 Å². The van der Waals surface area contributed by atoms with Gasteiger partial charge in [0.15, 0.2) is 11.4 Å². The fourth-order valence-electron chi connectivity index (χ4n) is 2.52. The average Bonchev–Trinajstić information content (AvgIpc) is 2.93. The highest BCUT2D eigenvalue weighted by atomic mass is 16.4. The van der Waals surface area contributed by atoms with Crippen molar-refractivity contribution < 1.29 is 4.42 Å². The number of para-hydroxylation sites is 2. The predicted octanol–water partition coefficient (Wildman–Crippen LogP) is 3.02. The Labute approximate surface area is 148 Å². The quantitative estimate of drug-likeness (QED) is 0.585. The molecule has 3 aromatic heterocycles. The third-order valence-electron chi connectivity index (χ3n) is 3.80. The van der Waals surface area contributed by atoms with E-state index in [1.807, 2.05) is 44.2 Å². The summed E-state index contributed by atoms with van der Waals surface area (Å²) in [6.45, 7) is 3.76. The Kier molecular flexibility index (Phi) is 3.85. The molecule has 1 aromatic carbocycles. The van der Waals surface area contributed by atoms with E-state index >= 15 is 0 Å². The number of aryl methyl sites for hydroxylation is 2. The summed E-state index contributed by atoms with van der Waals surface area (Å²) in [6, 6.07) is 12.8. The van der Waals surface area contributed by atoms with E-state index in [1.54, 1.807) is 18.3 Å². The minimum absolute atomic E-state index is 0.372. The standard InChI is InChI=1S/C18H16N6O2/c1-11-10-19-17(21-15-9-5-6-12(2)20-15)22-16(11)23-24-13-7-3-4-8-14(13)26-18(24)25/h3-10H,1-2H3,(H2,19,20,21,22,23). The molecular formula is C18H16N6O2. The molecule has 0 aliphatic carbocycles. The molecule has 0 unspecified atom stereocenters. The van der Waals surface area contributed by atoms with Crippen molar-refractivity contribution in [3.05, 3.63) is 70.5 Å². The second-order valence-electron chi connectivity index (χ2n) is 5.80. The lowest BCUT2D eigenvalue weighted by Gasteiger charge is -2.11. The van der Waals surface area contributed by atoms with E-state index in [1.165, 1.54) is 4.68 Å². The number of hydrogen-bond acceptors (Lipinski definition) is 7. The number of anilines is 3. The summed E-state index contributed by atoms with van der Waals surface area (Å²) in [7, 11) is 0. The van der Waals surface area contributed by atoms with E-state index in [-0.39, 0.29) is 0 Å². The summed E-state index contributed by atoms with van der Waals surface area (Å²) in [5.74, 6) is 0.991. The molecule has 3 heterocycles. The fraction of sp³-hybridized carbons (Fsp3) is 0.111. The normalized spacial score (nSPS) is 10.8. The SMILES string of the molecule is Cc1cccc(Nc2ncc(C)c(Nn3c(=O)oc4ccccc43)n2)n1. The molecule has 0 fully saturated rings. The zero-order valence-corrected chi connectivity index (χ0v) is 14.2. The number of benzene rings is 1. The smallest absolute Gasteiger partial charge is 0.406 e. The molecule has 4 rings (SSSR count). The van der Waals surface area contributed by atoms with E-state index < -0.39 is 5.76 Å². The van der Waals surface area contributed by atoms with Gasteiger partial charge in [-0.1, -0.05) is 18.2 Å². The van der Waals surface area contributed by atoms with Gasteiger partial charge in [-0.3, -0.25) is 5.43 Å². The van der Waals surface area contributed by atoms with Crippen LogP contribution in [0, 0.1) is 13.8 Å². The van der Waals surface area contributed by atoms with Gasteiger partial charge < -0.3 is 9.73 Å². The highest BCUT2D eigenvalue weighted by Crippen LogP contribution is 2.18. The molecule has 0 aliphatic rings. The van der Waals surface area contributed by atoms with Crippen LogP contribution in [0.25, 0.3) is 11.1 Å². The summed E-state index contributed by atoms with van der Waals surface area (Å²) in [6.07, 6.45) is 1.67. The molecule has 0 amide bonds. The molecule has 0 saturated carbocycles. The topological polar surface area (TPSA) is 97.9 Å². The minimum atomic E-state index is -0.515. The van der Waals surface area contributed by atoms with Crippen molar-refractivity contribution in [3.8, 4) is 0 Å². The van der Waals surface area contributed by atoms with Crippen LogP contribution in [0.3, 0.4) is 0 Å². The first-order valence-corrected chi connectivity index (χ1v) is 8.02. The summed E-state index contributed by atoms with van der Waals surface area (Å²) in [5.41, 5.74) is 5.80. The van der Waals surface area contributed by atoms with Gasteiger partial charge in [0.1, 0.15) is 11.3 Å². The molecule has 2 N–H and O–H groups in total. The molecule has 0 radical (unpaired) electrons. The molecule has 0 saturated heterocycles. The van der Waals surface area contributed by atoms with Crippen LogP contribution in [0.2, 0.25) is 0 Å². The molecule has 8 heteroatoms. The van der Waals surface area contributed by atoms with Crippen molar-refractivity contribution >= 4 is 28.7 Å². The Bertz CT molecular complexity index is 1150. The second-order valence-corrected chi connectivity index (χ2v) is 5.80. The van der Waals surface area contributed by atoms with Gasteiger partial charge >= 0.3 is 5.76 Å². The predicted molar refractivity (Wildman–Crippen MR) is 98.5 cm³/mol. The van der Waals surface area contributed by atoms with E-state index in [2.05, 4.69) is 25.7 Å². The van der Waals surface area contributed by atoms with Gasteiger partial charge in [-0.2, -0.15) is 9.66 Å². The summed E-state index contributed by atoms with van der Waals surface area (Å²) < 4.78 is 6.54. The zero-order chi connectivity index (χ0) is 18.1. The summed E-state index contributed by atoms with van der Waals surface area (Å²) in [4.78, 5) is 25.2. The monoisotopic (exact) mass is 348 g/mol. The maximum atomic E-state index is 12.1. The van der Waals surface area contributed by atoms with Gasteiger partial charge in [-0.25, -0.2) is 14.8 Å². The Morgan fingerprint density at radius 1 is 1.04 bits per heavy atom. The van der Waals surface area contributed by atoms with Crippen molar-refractivity contribution in [3.63, 3.8) is 0 Å². The van der Waals surface area contributed by atoms with Crippen LogP contribution in [0.5, 0.6) is 0 Å². The maximum absolute atomic E-state index is 12.1. The minimum Gasteiger partial charge on any atom is -0.406 e. The van der Waals surface area contributed by atoms with Crippen molar-refractivity contribution in [2.45, 2.75) is 13.8 Å². The van der Waals surface area contributed by atoms with Gasteiger partial charge in [-0.05, 0) is 38.1 Å². The number of rotatable bonds is 4. The molecule has 26 heavy (non-hydrogen) atoms. The Morgan fingerprint density at radius 2 is 1.88 bits per heavy atom. The van der Waals surface area contributed by atoms with Crippen LogP contribution < -0.4 is 16.5 Å². The molecule has 0 bridgehead atoms. The van der Waals surface area contributed by atoms with Crippen molar-refractivity contribution in [2.75, 3.05) is 10.7 Å². The molecule has 0 spiro atoms. The number of nitrogens with one attached hydrogen (secondary N) is 2. The molecule has 0 atom stereocenters. The van der Waals surface area contributed by atoms with Crippen LogP contribution in [0.1, 0.15) is 11.3 Å². The maximum Gasteiger partial charge on any atom is 0.439 e. The van der Waals surface area contributed by atoms with E-state index in [4.69, 9.17) is 4.42 Å². The second kappa shape index (κ2) is 6.32. The number of fused-ring (bicyclic) bond motifs is 1. The van der Waals surface area contributed by atoms with E-state index in [0.717, 1.165) is 11.3 Å². The number of pyridine rings is 1. The number of oxazole rings is 1. The summed E-state index contributed by atoms with van der Waals surface area (Å²) in [5, 5.41) is 3.06. The van der Waals surface area contributed by atoms with E-state index in [9.17, 15) is 4.79 Å². The number of nitrogens with zero attached hydrogens (tertiary/aromatic N) is 4. The lowest BCUT2D eigenvalue weighted by molar-refractivity contribution is 0.532. The Balaban J connectivity index is 1.68. The highest BCUT2D eigenvalue weighted by Gasteiger charge is 2.11. The number of aromatic nitrogens is 4. The molecule has 130 valence electrons. The molecular weight excluding hydrogens is 332 g/mol. The van der Waals surface area contributed by atoms with Gasteiger partial charge in [0.2, 0.25) is 5.95 Å². The van der Waals surface area contributed by atoms with Crippen molar-refractivity contribution in [2.24, 2.45) is 0 Å². The Morgan fingerprint density at radius 3 is 2.73 bits per heavy atom. The largest absolute Gasteiger partial charge is 0.439 e. The first kappa shape index (κ1) is 15.8. The molecule has 4 aromatic rings. The van der Waals surface area contributed by atoms with Crippen LogP contribution in [-0.2, 0) is 0 Å².